The van der Waals surface area contributed by atoms with Crippen LogP contribution in [-0.2, 0) is 11.2 Å². The van der Waals surface area contributed by atoms with Crippen LogP contribution in [0.3, 0.4) is 0 Å². The van der Waals surface area contributed by atoms with Crippen molar-refractivity contribution in [2.45, 2.75) is 50.8 Å². The van der Waals surface area contributed by atoms with Gasteiger partial charge in [0.1, 0.15) is 0 Å². The zero-order valence-electron chi connectivity index (χ0n) is 16.9. The third-order valence-corrected chi connectivity index (χ3v) is 5.43. The van der Waals surface area contributed by atoms with Crippen molar-refractivity contribution < 1.29 is 14.7 Å². The normalized spacial score (nSPS) is 10.7. The highest BCUT2D eigenvalue weighted by Crippen LogP contribution is 2.27. The zero-order valence-corrected chi connectivity index (χ0v) is 17.7. The van der Waals surface area contributed by atoms with Crippen molar-refractivity contribution in [1.29, 1.82) is 0 Å². The van der Waals surface area contributed by atoms with Gasteiger partial charge in [-0.05, 0) is 73.9 Å². The molecule has 0 saturated carbocycles. The number of unbranched alkanes of at least 4 members (excludes halogenated alkanes) is 1. The number of thioether (sulfide) groups is 1. The molecule has 2 rings (SSSR count). The van der Waals surface area contributed by atoms with Crippen molar-refractivity contribution >= 4 is 29.3 Å². The average Bonchev–Trinajstić information content (AvgIpc) is 2.69. The molecule has 0 unspecified atom stereocenters. The third kappa shape index (κ3) is 6.13. The predicted molar refractivity (Wildman–Crippen MR) is 117 cm³/mol. The number of carboxylic acid groups (broad SMARTS) is 1. The van der Waals surface area contributed by atoms with Gasteiger partial charge in [-0.15, -0.1) is 11.8 Å². The van der Waals surface area contributed by atoms with Crippen LogP contribution >= 0.6 is 11.8 Å². The molecule has 0 saturated heterocycles. The molecule has 1 amide bonds. The Morgan fingerprint density at radius 1 is 1.07 bits per heavy atom. The number of nitrogens with zero attached hydrogens (tertiary/aromatic N) is 1. The van der Waals surface area contributed by atoms with Gasteiger partial charge in [0.25, 0.3) is 5.91 Å². The highest BCUT2D eigenvalue weighted by atomic mass is 32.2. The number of hydrogen-bond donors (Lipinski definition) is 1. The summed E-state index contributed by atoms with van der Waals surface area (Å²) in [5, 5.41) is 8.94. The number of anilines is 1. The molecule has 0 aliphatic heterocycles. The number of benzene rings is 2. The van der Waals surface area contributed by atoms with E-state index in [1.807, 2.05) is 60.5 Å². The summed E-state index contributed by atoms with van der Waals surface area (Å²) in [5.41, 5.74) is 3.69. The molecular formula is C23H29NO3S. The fraction of sp³-hybridized carbons (Fsp3) is 0.391. The van der Waals surface area contributed by atoms with Crippen molar-refractivity contribution in [3.63, 3.8) is 0 Å². The van der Waals surface area contributed by atoms with Crippen molar-refractivity contribution in [3.8, 4) is 0 Å². The minimum atomic E-state index is -0.790. The van der Waals surface area contributed by atoms with Crippen LogP contribution in [0.25, 0.3) is 0 Å². The first-order valence-corrected chi connectivity index (χ1v) is 11.0. The molecule has 0 radical (unpaired) electrons. The van der Waals surface area contributed by atoms with E-state index in [-0.39, 0.29) is 12.3 Å². The Balaban J connectivity index is 2.36. The van der Waals surface area contributed by atoms with Crippen LogP contribution < -0.4 is 4.90 Å². The fourth-order valence-electron chi connectivity index (χ4n) is 3.10. The van der Waals surface area contributed by atoms with Gasteiger partial charge in [0.05, 0.1) is 0 Å². The van der Waals surface area contributed by atoms with Crippen LogP contribution in [0, 0.1) is 6.92 Å². The topological polar surface area (TPSA) is 57.6 Å². The second kappa shape index (κ2) is 10.9. The van der Waals surface area contributed by atoms with E-state index in [0.717, 1.165) is 34.6 Å². The van der Waals surface area contributed by atoms with Gasteiger partial charge in [0.2, 0.25) is 0 Å². The van der Waals surface area contributed by atoms with E-state index in [1.165, 1.54) is 0 Å². The van der Waals surface area contributed by atoms with Crippen LogP contribution in [0.5, 0.6) is 0 Å². The SMILES string of the molecule is CCCCN(C(=O)c1ccc(SC)cc1)c1cc(C)ccc1CCCC(=O)O. The summed E-state index contributed by atoms with van der Waals surface area (Å²) in [4.78, 5) is 27.2. The Labute approximate surface area is 172 Å². The summed E-state index contributed by atoms with van der Waals surface area (Å²) in [5.74, 6) is -0.798. The van der Waals surface area contributed by atoms with Gasteiger partial charge < -0.3 is 10.0 Å². The molecule has 2 aromatic carbocycles. The summed E-state index contributed by atoms with van der Waals surface area (Å²) in [6, 6.07) is 13.8. The molecule has 1 N–H and O–H groups in total. The van der Waals surface area contributed by atoms with Crippen molar-refractivity contribution in [1.82, 2.24) is 0 Å². The molecule has 0 spiro atoms. The molecule has 0 atom stereocenters. The number of carboxylic acids is 1. The molecule has 0 fully saturated rings. The van der Waals surface area contributed by atoms with Crippen molar-refractivity contribution in [2.24, 2.45) is 0 Å². The molecule has 28 heavy (non-hydrogen) atoms. The number of rotatable bonds is 10. The lowest BCUT2D eigenvalue weighted by molar-refractivity contribution is -0.137. The van der Waals surface area contributed by atoms with Gasteiger partial charge in [0, 0.05) is 29.1 Å². The minimum absolute atomic E-state index is 0.00816. The first kappa shape index (κ1) is 22.0. The molecule has 150 valence electrons. The number of carbonyl (C=O) groups is 2. The lowest BCUT2D eigenvalue weighted by Gasteiger charge is -2.26. The van der Waals surface area contributed by atoms with E-state index in [0.29, 0.717) is 24.9 Å². The van der Waals surface area contributed by atoms with E-state index >= 15 is 0 Å². The Morgan fingerprint density at radius 3 is 2.39 bits per heavy atom. The quantitative estimate of drug-likeness (QED) is 0.531. The van der Waals surface area contributed by atoms with E-state index in [2.05, 4.69) is 6.92 Å². The molecule has 4 nitrogen and oxygen atoms in total. The summed E-state index contributed by atoms with van der Waals surface area (Å²) >= 11 is 1.65. The minimum Gasteiger partial charge on any atom is -0.481 e. The van der Waals surface area contributed by atoms with Crippen LogP contribution in [0.1, 0.15) is 54.1 Å². The lowest BCUT2D eigenvalue weighted by Crippen LogP contribution is -2.32. The van der Waals surface area contributed by atoms with Gasteiger partial charge in [-0.3, -0.25) is 9.59 Å². The van der Waals surface area contributed by atoms with Crippen LogP contribution in [-0.4, -0.2) is 29.8 Å². The van der Waals surface area contributed by atoms with Gasteiger partial charge in [0.15, 0.2) is 0 Å². The van der Waals surface area contributed by atoms with E-state index in [9.17, 15) is 9.59 Å². The van der Waals surface area contributed by atoms with E-state index < -0.39 is 5.97 Å². The molecule has 0 aromatic heterocycles. The number of aryl methyl sites for hydroxylation is 2. The molecule has 5 heteroatoms. The molecule has 0 heterocycles. The van der Waals surface area contributed by atoms with Crippen molar-refractivity contribution in [2.75, 3.05) is 17.7 Å². The lowest BCUT2D eigenvalue weighted by atomic mass is 10.0. The zero-order chi connectivity index (χ0) is 20.5. The summed E-state index contributed by atoms with van der Waals surface area (Å²) in [6.07, 6.45) is 5.26. The Kier molecular flexibility index (Phi) is 8.58. The second-order valence-corrected chi connectivity index (χ2v) is 7.80. The summed E-state index contributed by atoms with van der Waals surface area (Å²) < 4.78 is 0. The smallest absolute Gasteiger partial charge is 0.303 e. The Morgan fingerprint density at radius 2 is 1.79 bits per heavy atom. The van der Waals surface area contributed by atoms with E-state index in [1.54, 1.807) is 11.8 Å². The maximum atomic E-state index is 13.3. The van der Waals surface area contributed by atoms with Gasteiger partial charge in [-0.1, -0.05) is 25.5 Å². The first-order valence-electron chi connectivity index (χ1n) is 9.73. The Bertz CT molecular complexity index is 802. The monoisotopic (exact) mass is 399 g/mol. The number of amides is 1. The predicted octanol–water partition coefficient (Wildman–Crippen LogP) is 5.57. The number of carbonyl (C=O) groups excluding carboxylic acids is 1. The maximum Gasteiger partial charge on any atom is 0.303 e. The molecule has 0 aliphatic rings. The third-order valence-electron chi connectivity index (χ3n) is 4.69. The Hall–Kier alpha value is -2.27. The average molecular weight is 400 g/mol. The highest BCUT2D eigenvalue weighted by Gasteiger charge is 2.20. The maximum absolute atomic E-state index is 13.3. The van der Waals surface area contributed by atoms with Gasteiger partial charge in [-0.2, -0.15) is 0 Å². The van der Waals surface area contributed by atoms with Gasteiger partial charge >= 0.3 is 5.97 Å². The highest BCUT2D eigenvalue weighted by molar-refractivity contribution is 7.98. The number of aliphatic carboxylic acids is 1. The van der Waals surface area contributed by atoms with Gasteiger partial charge in [-0.25, -0.2) is 0 Å². The second-order valence-electron chi connectivity index (χ2n) is 6.92. The largest absolute Gasteiger partial charge is 0.481 e. The van der Waals surface area contributed by atoms with E-state index in [4.69, 9.17) is 5.11 Å². The van der Waals surface area contributed by atoms with Crippen molar-refractivity contribution in [3.05, 3.63) is 59.2 Å². The molecule has 0 aliphatic carbocycles. The fourth-order valence-corrected chi connectivity index (χ4v) is 3.51. The molecular weight excluding hydrogens is 370 g/mol. The summed E-state index contributed by atoms with van der Waals surface area (Å²) in [7, 11) is 0. The van der Waals surface area contributed by atoms with Crippen LogP contribution in [0.2, 0.25) is 0 Å². The van der Waals surface area contributed by atoms with Crippen LogP contribution in [0.4, 0.5) is 5.69 Å². The number of hydrogen-bond acceptors (Lipinski definition) is 3. The summed E-state index contributed by atoms with van der Waals surface area (Å²) in [6.45, 7) is 4.77. The standard InChI is InChI=1S/C23H29NO3S/c1-4-5-15-24(23(27)19-11-13-20(28-3)14-12-19)21-16-17(2)9-10-18(21)7-6-8-22(25)26/h9-14,16H,4-8,15H2,1-3H3,(H,25,26). The molecule has 2 aromatic rings. The first-order chi connectivity index (χ1) is 13.5. The molecule has 0 bridgehead atoms. The van der Waals surface area contributed by atoms with Crippen LogP contribution in [0.15, 0.2) is 47.4 Å².